The van der Waals surface area contributed by atoms with Crippen LogP contribution in [-0.4, -0.2) is 16.4 Å². The summed E-state index contributed by atoms with van der Waals surface area (Å²) in [5, 5.41) is 2.99. The van der Waals surface area contributed by atoms with Crippen molar-refractivity contribution in [2.45, 2.75) is 0 Å². The Kier molecular flexibility index (Phi) is 1.77. The molecule has 62 valence electrons. The van der Waals surface area contributed by atoms with Crippen LogP contribution in [0.4, 0.5) is 5.82 Å². The van der Waals surface area contributed by atoms with Gasteiger partial charge < -0.3 is 9.72 Å². The van der Waals surface area contributed by atoms with Crippen LogP contribution in [0, 0.1) is 0 Å². The average molecular weight is 226 g/mol. The van der Waals surface area contributed by atoms with Gasteiger partial charge in [-0.25, -0.2) is 4.98 Å². The van der Waals surface area contributed by atoms with Crippen LogP contribution in [0.5, 0.6) is 0 Å². The first kappa shape index (κ1) is 7.61. The zero-order chi connectivity index (χ0) is 8.55. The molecule has 0 radical (unpaired) electrons. The zero-order valence-corrected chi connectivity index (χ0v) is 8.17. The Labute approximate surface area is 78.6 Å². The molecule has 0 bridgehead atoms. The minimum absolute atomic E-state index is 0.883. The Bertz CT molecular complexity index is 408. The fraction of sp³-hybridized carbons (Fsp3) is 0.125. The second-order valence-corrected chi connectivity index (χ2v) is 3.40. The molecule has 2 aromatic heterocycles. The Hall–Kier alpha value is -1.03. The standard InChI is InChI=1S/C8H8BrN3/c1-10-7-5-12-3-2-6(9)4-8(12)11-7/h2-5,10H,1H3. The van der Waals surface area contributed by atoms with Crippen LogP contribution < -0.4 is 5.32 Å². The molecule has 0 saturated heterocycles. The number of halogens is 1. The van der Waals surface area contributed by atoms with Crippen LogP contribution in [0.2, 0.25) is 0 Å². The lowest BCUT2D eigenvalue weighted by molar-refractivity contribution is 1.18. The lowest BCUT2D eigenvalue weighted by Crippen LogP contribution is -1.85. The number of aromatic nitrogens is 2. The van der Waals surface area contributed by atoms with E-state index in [4.69, 9.17) is 0 Å². The maximum Gasteiger partial charge on any atom is 0.145 e. The molecule has 0 fully saturated rings. The molecule has 0 amide bonds. The number of nitrogens with one attached hydrogen (secondary N) is 1. The van der Waals surface area contributed by atoms with Crippen LogP contribution in [0.1, 0.15) is 0 Å². The molecular formula is C8H8BrN3. The van der Waals surface area contributed by atoms with Crippen molar-refractivity contribution in [2.24, 2.45) is 0 Å². The van der Waals surface area contributed by atoms with Crippen molar-refractivity contribution in [1.29, 1.82) is 0 Å². The summed E-state index contributed by atoms with van der Waals surface area (Å²) >= 11 is 3.39. The summed E-state index contributed by atoms with van der Waals surface area (Å²) < 4.78 is 3.01. The molecule has 1 N–H and O–H groups in total. The number of imidazole rings is 1. The van der Waals surface area contributed by atoms with Gasteiger partial charge in [-0.3, -0.25) is 0 Å². The van der Waals surface area contributed by atoms with Gasteiger partial charge in [0.05, 0.1) is 6.20 Å². The summed E-state index contributed by atoms with van der Waals surface area (Å²) in [5.74, 6) is 0.883. The van der Waals surface area contributed by atoms with Gasteiger partial charge in [-0.2, -0.15) is 0 Å². The van der Waals surface area contributed by atoms with E-state index >= 15 is 0 Å². The first-order chi connectivity index (χ1) is 5.79. The van der Waals surface area contributed by atoms with E-state index in [2.05, 4.69) is 26.2 Å². The molecule has 0 atom stereocenters. The summed E-state index contributed by atoms with van der Waals surface area (Å²) in [6.45, 7) is 0. The van der Waals surface area contributed by atoms with Crippen molar-refractivity contribution < 1.29 is 0 Å². The molecule has 0 aliphatic carbocycles. The molecule has 12 heavy (non-hydrogen) atoms. The van der Waals surface area contributed by atoms with Gasteiger partial charge in [0.15, 0.2) is 0 Å². The highest BCUT2D eigenvalue weighted by molar-refractivity contribution is 9.10. The molecule has 3 nitrogen and oxygen atoms in total. The number of anilines is 1. The number of rotatable bonds is 1. The molecular weight excluding hydrogens is 218 g/mol. The average Bonchev–Trinajstić information content (AvgIpc) is 2.46. The summed E-state index contributed by atoms with van der Waals surface area (Å²) in [6.07, 6.45) is 3.91. The predicted octanol–water partition coefficient (Wildman–Crippen LogP) is 2.14. The minimum atomic E-state index is 0.883. The molecule has 4 heteroatoms. The molecule has 0 spiro atoms. The molecule has 0 saturated carbocycles. The summed E-state index contributed by atoms with van der Waals surface area (Å²) in [7, 11) is 1.86. The number of pyridine rings is 1. The highest BCUT2D eigenvalue weighted by atomic mass is 79.9. The van der Waals surface area contributed by atoms with E-state index in [1.54, 1.807) is 0 Å². The van der Waals surface area contributed by atoms with Crippen molar-refractivity contribution in [3.05, 3.63) is 29.0 Å². The summed E-state index contributed by atoms with van der Waals surface area (Å²) in [4.78, 5) is 4.31. The van der Waals surface area contributed by atoms with E-state index < -0.39 is 0 Å². The van der Waals surface area contributed by atoms with Crippen molar-refractivity contribution in [2.75, 3.05) is 12.4 Å². The molecule has 0 aromatic carbocycles. The van der Waals surface area contributed by atoms with Crippen molar-refractivity contribution in [3.8, 4) is 0 Å². The van der Waals surface area contributed by atoms with Crippen LogP contribution in [0.15, 0.2) is 29.0 Å². The Morgan fingerprint density at radius 1 is 1.58 bits per heavy atom. The molecule has 2 rings (SSSR count). The molecule has 0 aliphatic heterocycles. The molecule has 0 aliphatic rings. The monoisotopic (exact) mass is 225 g/mol. The third kappa shape index (κ3) is 1.18. The van der Waals surface area contributed by atoms with Crippen molar-refractivity contribution >= 4 is 27.4 Å². The normalized spacial score (nSPS) is 10.5. The van der Waals surface area contributed by atoms with Gasteiger partial charge in [0, 0.05) is 17.7 Å². The van der Waals surface area contributed by atoms with Crippen LogP contribution in [0.3, 0.4) is 0 Å². The molecule has 0 unspecified atom stereocenters. The van der Waals surface area contributed by atoms with E-state index in [1.807, 2.05) is 36.0 Å². The Morgan fingerprint density at radius 2 is 2.42 bits per heavy atom. The SMILES string of the molecule is CNc1cn2ccc(Br)cc2n1. The highest BCUT2D eigenvalue weighted by Gasteiger charge is 1.98. The Morgan fingerprint density at radius 3 is 3.17 bits per heavy atom. The van der Waals surface area contributed by atoms with Gasteiger partial charge in [-0.05, 0) is 12.1 Å². The largest absolute Gasteiger partial charge is 0.372 e. The second-order valence-electron chi connectivity index (χ2n) is 2.49. The summed E-state index contributed by atoms with van der Waals surface area (Å²) in [5.41, 5.74) is 0.939. The smallest absolute Gasteiger partial charge is 0.145 e. The first-order valence-electron chi connectivity index (χ1n) is 3.61. The third-order valence-electron chi connectivity index (χ3n) is 1.68. The van der Waals surface area contributed by atoms with E-state index in [0.29, 0.717) is 0 Å². The molecule has 2 heterocycles. The number of fused-ring (bicyclic) bond motifs is 1. The van der Waals surface area contributed by atoms with Gasteiger partial charge >= 0.3 is 0 Å². The van der Waals surface area contributed by atoms with Crippen LogP contribution in [-0.2, 0) is 0 Å². The van der Waals surface area contributed by atoms with Gasteiger partial charge in [0.2, 0.25) is 0 Å². The Balaban J connectivity index is 2.67. The van der Waals surface area contributed by atoms with Gasteiger partial charge in [0.1, 0.15) is 11.5 Å². The van der Waals surface area contributed by atoms with Crippen molar-refractivity contribution in [3.63, 3.8) is 0 Å². The fourth-order valence-electron chi connectivity index (χ4n) is 1.08. The van der Waals surface area contributed by atoms with E-state index in [9.17, 15) is 0 Å². The third-order valence-corrected chi connectivity index (χ3v) is 2.17. The lowest BCUT2D eigenvalue weighted by atomic mass is 10.5. The number of nitrogens with zero attached hydrogens (tertiary/aromatic N) is 2. The number of hydrogen-bond acceptors (Lipinski definition) is 2. The minimum Gasteiger partial charge on any atom is -0.372 e. The van der Waals surface area contributed by atoms with Gasteiger partial charge in [-0.15, -0.1) is 0 Å². The maximum atomic E-state index is 4.31. The van der Waals surface area contributed by atoms with Gasteiger partial charge in [0.25, 0.3) is 0 Å². The first-order valence-corrected chi connectivity index (χ1v) is 4.41. The summed E-state index contributed by atoms with van der Waals surface area (Å²) in [6, 6.07) is 3.95. The van der Waals surface area contributed by atoms with Crippen LogP contribution >= 0.6 is 15.9 Å². The van der Waals surface area contributed by atoms with Crippen molar-refractivity contribution in [1.82, 2.24) is 9.38 Å². The highest BCUT2D eigenvalue weighted by Crippen LogP contribution is 2.14. The fourth-order valence-corrected chi connectivity index (χ4v) is 1.40. The topological polar surface area (TPSA) is 29.3 Å². The maximum absolute atomic E-state index is 4.31. The van der Waals surface area contributed by atoms with E-state index in [1.165, 1.54) is 0 Å². The lowest BCUT2D eigenvalue weighted by Gasteiger charge is -1.91. The quantitative estimate of drug-likeness (QED) is 0.807. The predicted molar refractivity (Wildman–Crippen MR) is 52.4 cm³/mol. The zero-order valence-electron chi connectivity index (χ0n) is 6.58. The van der Waals surface area contributed by atoms with E-state index in [-0.39, 0.29) is 0 Å². The number of hydrogen-bond donors (Lipinski definition) is 1. The molecule has 2 aromatic rings. The van der Waals surface area contributed by atoms with Gasteiger partial charge in [-0.1, -0.05) is 15.9 Å². The van der Waals surface area contributed by atoms with Crippen LogP contribution in [0.25, 0.3) is 5.65 Å². The van der Waals surface area contributed by atoms with E-state index in [0.717, 1.165) is 15.9 Å². The second kappa shape index (κ2) is 2.79.